The number of ether oxygens (including phenoxy) is 1. The number of aliphatic imine (C=N–C) groups is 1. The molecule has 0 aliphatic carbocycles. The van der Waals surface area contributed by atoms with E-state index in [4.69, 9.17) is 10.5 Å². The van der Waals surface area contributed by atoms with Gasteiger partial charge < -0.3 is 67.6 Å². The Morgan fingerprint density at radius 2 is 1.24 bits per heavy atom. The maximum absolute atomic E-state index is 14.7. The number of guanidine groups is 1. The molecule has 0 bridgehead atoms. The van der Waals surface area contributed by atoms with Crippen LogP contribution in [0.25, 0.3) is 0 Å². The summed E-state index contributed by atoms with van der Waals surface area (Å²) in [6.45, 7) is 2.17. The molecule has 1 heterocycles. The Labute approximate surface area is 512 Å². The number of carbonyl (C=O) groups is 10. The molecule has 1 aliphatic rings. The molecule has 0 radical (unpaired) electrons. The molecule has 89 heavy (non-hydrogen) atoms. The fourth-order valence-corrected chi connectivity index (χ4v) is 9.04. The van der Waals surface area contributed by atoms with Crippen LogP contribution < -0.4 is 58.5 Å². The number of phenols is 1. The molecule has 0 aromatic heterocycles. The van der Waals surface area contributed by atoms with Crippen LogP contribution in [-0.4, -0.2) is 229 Å². The normalized spacial score (nSPS) is 14.8. The molecule has 15 N–H and O–H groups in total. The maximum Gasteiger partial charge on any atom is 0.344 e. The lowest BCUT2D eigenvalue weighted by Gasteiger charge is -2.35. The number of rotatable bonds is 33. The zero-order valence-electron chi connectivity index (χ0n) is 49.5. The number of hydrogen-bond acceptors (Lipinski definition) is 17. The Morgan fingerprint density at radius 1 is 0.652 bits per heavy atom. The molecule has 4 rings (SSSR count). The zero-order chi connectivity index (χ0) is 65.1. The summed E-state index contributed by atoms with van der Waals surface area (Å²) in [5.74, 6) is -9.22. The van der Waals surface area contributed by atoms with Crippen molar-refractivity contribution < 1.29 is 81.9 Å². The number of nitrogens with zero attached hydrogens (tertiary/aromatic N) is 5. The molecule has 1 saturated heterocycles. The lowest BCUT2D eigenvalue weighted by atomic mass is 9.90. The Bertz CT molecular complexity index is 2810. The third-order valence-corrected chi connectivity index (χ3v) is 13.6. The smallest absolute Gasteiger partial charge is 0.344 e. The quantitative estimate of drug-likeness (QED) is 0.0114. The Morgan fingerprint density at radius 3 is 1.83 bits per heavy atom. The molecular formula is C57H81F2N15O15. The molecule has 3 aromatic rings. The molecular weight excluding hydrogens is 1170 g/mol. The predicted molar refractivity (Wildman–Crippen MR) is 318 cm³/mol. The summed E-state index contributed by atoms with van der Waals surface area (Å²) in [6.07, 6.45) is 0.757. The number of amides is 8. The first-order valence-corrected chi connectivity index (χ1v) is 28.9. The predicted octanol–water partition coefficient (Wildman–Crippen LogP) is -1.01. The number of carbonyl (C=O) groups excluding carboxylic acids is 7. The van der Waals surface area contributed by atoms with Crippen molar-refractivity contribution in [2.45, 2.75) is 70.1 Å². The zero-order valence-corrected chi connectivity index (χ0v) is 49.5. The highest BCUT2D eigenvalue weighted by Crippen LogP contribution is 2.29. The molecule has 0 spiro atoms. The van der Waals surface area contributed by atoms with Crippen molar-refractivity contribution >= 4 is 65.8 Å². The molecule has 3 atom stereocenters. The minimum atomic E-state index is -1.28. The first kappa shape index (κ1) is 72.4. The number of aldehydes is 1. The van der Waals surface area contributed by atoms with Crippen molar-refractivity contribution in [3.05, 3.63) is 95.1 Å². The number of nitrogens with one attached hydrogen (secondary N) is 9. The van der Waals surface area contributed by atoms with E-state index in [9.17, 15) is 77.2 Å². The second-order valence-electron chi connectivity index (χ2n) is 20.4. The van der Waals surface area contributed by atoms with Gasteiger partial charge in [0.25, 0.3) is 0 Å². The molecule has 32 heteroatoms. The van der Waals surface area contributed by atoms with Gasteiger partial charge in [-0.15, -0.1) is 0 Å². The van der Waals surface area contributed by atoms with E-state index in [1.807, 2.05) is 0 Å². The molecule has 30 nitrogen and oxygen atoms in total. The van der Waals surface area contributed by atoms with Crippen molar-refractivity contribution in [1.29, 1.82) is 0 Å². The van der Waals surface area contributed by atoms with Crippen LogP contribution in [0, 0.1) is 11.6 Å². The third-order valence-electron chi connectivity index (χ3n) is 13.6. The topological polar surface area (TPSA) is 420 Å². The van der Waals surface area contributed by atoms with E-state index in [1.165, 1.54) is 0 Å². The van der Waals surface area contributed by atoms with E-state index in [0.717, 1.165) is 0 Å². The summed E-state index contributed by atoms with van der Waals surface area (Å²) >= 11 is 0. The summed E-state index contributed by atoms with van der Waals surface area (Å²) in [5.41, 5.74) is 10.9. The average Bonchev–Trinajstić information content (AvgIpc) is 3.06. The highest BCUT2D eigenvalue weighted by atomic mass is 19.1. The standard InChI is InChI=1S/C57H81F2N15O15/c1-2-47(77)62-19-20-65-56(87)68-55(60)63-17-9-14-45(53(85)66-33-42-43(58)31-40(76)32-44(42)59)67-54(86)52(38-10-4-3-5-11-38)39-12-8-13-41(30-39)89-29-7-6-16-64-57(88)70-69-48(78)15-18-61-46(37-75)74-27-25-72(35-50(81)82)23-21-71(34-49(79)80)22-24-73(26-28-74)36-51(83)84/h3-5,8,10-13,30-32,37,45-46,52,61,76H,2,6-7,9,14-29,33-36H2,1H3,(H,62,77)(H,66,85)(H,67,86)(H,69,78)(H,79,80)(H,81,82)(H,83,84)(H2,64,70,88)(H4,60,63,65,68,87)/t45-,46?,52?/m1/s1. The van der Waals surface area contributed by atoms with Crippen LogP contribution in [0.4, 0.5) is 18.4 Å². The number of carboxylic acids is 3. The fraction of sp³-hybridized carbons (Fsp3) is 0.491. The third kappa shape index (κ3) is 28.5. The number of unbranched alkanes of at least 4 members (excludes halogenated alkanes) is 1. The number of carboxylic acid groups (broad SMARTS) is 3. The van der Waals surface area contributed by atoms with E-state index in [0.29, 0.717) is 48.1 Å². The second-order valence-corrected chi connectivity index (χ2v) is 20.4. The number of hydrogen-bond donors (Lipinski definition) is 14. The first-order valence-electron chi connectivity index (χ1n) is 28.9. The van der Waals surface area contributed by atoms with Gasteiger partial charge in [-0.05, 0) is 48.9 Å². The largest absolute Gasteiger partial charge is 0.508 e. The number of aliphatic carboxylic acids is 3. The molecule has 1 fully saturated rings. The maximum atomic E-state index is 14.7. The van der Waals surface area contributed by atoms with Gasteiger partial charge in [-0.2, -0.15) is 4.99 Å². The van der Waals surface area contributed by atoms with E-state index < -0.39 is 95.3 Å². The Kier molecular flexibility index (Phi) is 32.2. The fourth-order valence-electron chi connectivity index (χ4n) is 9.04. The Balaban J connectivity index is 1.28. The minimum absolute atomic E-state index is 0.0277. The lowest BCUT2D eigenvalue weighted by molar-refractivity contribution is -0.140. The van der Waals surface area contributed by atoms with Crippen molar-refractivity contribution in [1.82, 2.24) is 67.7 Å². The van der Waals surface area contributed by atoms with Gasteiger partial charge in [0, 0.05) is 122 Å². The number of urea groups is 2. The highest BCUT2D eigenvalue weighted by Gasteiger charge is 2.30. The number of phenolic OH excluding ortho intramolecular Hbond substituents is 1. The molecule has 488 valence electrons. The minimum Gasteiger partial charge on any atom is -0.508 e. The highest BCUT2D eigenvalue weighted by molar-refractivity contribution is 5.93. The van der Waals surface area contributed by atoms with Crippen molar-refractivity contribution in [3.63, 3.8) is 0 Å². The first-order chi connectivity index (χ1) is 42.6. The van der Waals surface area contributed by atoms with Crippen LogP contribution in [0.1, 0.15) is 68.1 Å². The van der Waals surface area contributed by atoms with Crippen LogP contribution in [-0.2, 0) is 44.9 Å². The summed E-state index contributed by atoms with van der Waals surface area (Å²) in [6, 6.07) is 14.0. The number of aromatic hydroxyl groups is 1. The van der Waals surface area contributed by atoms with Gasteiger partial charge in [0.1, 0.15) is 35.3 Å². The summed E-state index contributed by atoms with van der Waals surface area (Å²) < 4.78 is 35.4. The number of hydrazine groups is 1. The van der Waals surface area contributed by atoms with Crippen molar-refractivity contribution in [3.8, 4) is 11.5 Å². The summed E-state index contributed by atoms with van der Waals surface area (Å²) in [7, 11) is 0. The summed E-state index contributed by atoms with van der Waals surface area (Å²) in [5, 5.41) is 56.8. The van der Waals surface area contributed by atoms with Crippen LogP contribution in [0.5, 0.6) is 11.5 Å². The SMILES string of the molecule is CCC(=O)NCCNC(=O)/N=C(/N)NCCC[C@@H](NC(=O)C(c1ccccc1)c1cccc(OCCCCNC(=O)NNC(=O)CCNC(C=O)N2CCN(CC(=O)O)CCN(CC(=O)O)CCN(CC(=O)O)CC2)c1)C(=O)NCc1c(F)cc(O)cc1F. The van der Waals surface area contributed by atoms with Gasteiger partial charge in [-0.1, -0.05) is 49.4 Å². The summed E-state index contributed by atoms with van der Waals surface area (Å²) in [4.78, 5) is 135. The van der Waals surface area contributed by atoms with Gasteiger partial charge in [0.2, 0.25) is 23.6 Å². The van der Waals surface area contributed by atoms with Crippen molar-refractivity contribution in [2.24, 2.45) is 10.7 Å². The molecule has 0 saturated carbocycles. The van der Waals surface area contributed by atoms with Crippen LogP contribution in [0.2, 0.25) is 0 Å². The molecule has 1 aliphatic heterocycles. The second kappa shape index (κ2) is 39.6. The van der Waals surface area contributed by atoms with Crippen molar-refractivity contribution in [2.75, 3.05) is 111 Å². The van der Waals surface area contributed by atoms with E-state index in [-0.39, 0.29) is 149 Å². The molecule has 2 unspecified atom stereocenters. The van der Waals surface area contributed by atoms with Gasteiger partial charge >= 0.3 is 30.0 Å². The van der Waals surface area contributed by atoms with Crippen LogP contribution in [0.3, 0.4) is 0 Å². The van der Waals surface area contributed by atoms with Gasteiger partial charge in [0.05, 0.1) is 32.2 Å². The van der Waals surface area contributed by atoms with E-state index in [2.05, 4.69) is 53.1 Å². The van der Waals surface area contributed by atoms with Gasteiger partial charge in [-0.3, -0.25) is 63.9 Å². The van der Waals surface area contributed by atoms with Gasteiger partial charge in [0.15, 0.2) is 12.2 Å². The lowest BCUT2D eigenvalue weighted by Crippen LogP contribution is -2.54. The van der Waals surface area contributed by atoms with E-state index in [1.54, 1.807) is 81.1 Å². The number of nitrogens with two attached hydrogens (primary N) is 1. The van der Waals surface area contributed by atoms with Crippen LogP contribution in [0.15, 0.2) is 71.7 Å². The number of benzene rings is 3. The Hall–Kier alpha value is -9.11. The van der Waals surface area contributed by atoms with Gasteiger partial charge in [-0.25, -0.2) is 23.8 Å². The van der Waals surface area contributed by atoms with E-state index >= 15 is 0 Å². The average molecular weight is 1250 g/mol. The molecule has 3 aromatic carbocycles. The molecule has 8 amide bonds. The monoisotopic (exact) mass is 1250 g/mol. The number of halogens is 2. The van der Waals surface area contributed by atoms with Crippen LogP contribution >= 0.6 is 0 Å².